The molecule has 1 amide bonds. The molecule has 1 aliphatic rings. The van der Waals surface area contributed by atoms with Gasteiger partial charge in [-0.05, 0) is 24.8 Å². The van der Waals surface area contributed by atoms with Crippen molar-refractivity contribution in [3.63, 3.8) is 0 Å². The molecule has 0 aliphatic carbocycles. The molecular formula is C14H28N2O. The highest BCUT2D eigenvalue weighted by Gasteiger charge is 2.30. The molecule has 1 saturated heterocycles. The third kappa shape index (κ3) is 4.30. The number of amides is 1. The smallest absolute Gasteiger partial charge is 0.223 e. The summed E-state index contributed by atoms with van der Waals surface area (Å²) in [6, 6.07) is 0.582. The van der Waals surface area contributed by atoms with Gasteiger partial charge in [0, 0.05) is 25.6 Å². The zero-order valence-corrected chi connectivity index (χ0v) is 12.0. The van der Waals surface area contributed by atoms with Gasteiger partial charge in [0.15, 0.2) is 0 Å². The lowest BCUT2D eigenvalue weighted by Gasteiger charge is -2.39. The fraction of sp³-hybridized carbons (Fsp3) is 0.929. The second-order valence-corrected chi connectivity index (χ2v) is 6.43. The van der Waals surface area contributed by atoms with Gasteiger partial charge in [-0.15, -0.1) is 0 Å². The van der Waals surface area contributed by atoms with Gasteiger partial charge in [0.25, 0.3) is 0 Å². The summed E-state index contributed by atoms with van der Waals surface area (Å²) >= 11 is 0. The summed E-state index contributed by atoms with van der Waals surface area (Å²) in [5.41, 5.74) is 0.0959. The summed E-state index contributed by atoms with van der Waals surface area (Å²) in [6.07, 6.45) is 2.89. The van der Waals surface area contributed by atoms with Crippen molar-refractivity contribution < 1.29 is 4.79 Å². The van der Waals surface area contributed by atoms with Crippen LogP contribution >= 0.6 is 0 Å². The molecule has 17 heavy (non-hydrogen) atoms. The third-order valence-corrected chi connectivity index (χ3v) is 3.66. The molecule has 0 aromatic carbocycles. The SMILES string of the molecule is CCC1CN(C(=O)CC(C)(C)C)CCC1NC. The van der Waals surface area contributed by atoms with E-state index < -0.39 is 0 Å². The summed E-state index contributed by atoms with van der Waals surface area (Å²) in [4.78, 5) is 14.2. The second-order valence-electron chi connectivity index (χ2n) is 6.43. The van der Waals surface area contributed by atoms with Gasteiger partial charge in [-0.2, -0.15) is 0 Å². The Balaban J connectivity index is 2.54. The van der Waals surface area contributed by atoms with E-state index in [1.807, 2.05) is 7.05 Å². The van der Waals surface area contributed by atoms with Crippen LogP contribution in [-0.2, 0) is 4.79 Å². The third-order valence-electron chi connectivity index (χ3n) is 3.66. The maximum absolute atomic E-state index is 12.2. The Morgan fingerprint density at radius 2 is 2.06 bits per heavy atom. The van der Waals surface area contributed by atoms with E-state index in [0.29, 0.717) is 24.3 Å². The summed E-state index contributed by atoms with van der Waals surface area (Å²) < 4.78 is 0. The average Bonchev–Trinajstić information content (AvgIpc) is 2.25. The van der Waals surface area contributed by atoms with E-state index >= 15 is 0 Å². The molecule has 1 aliphatic heterocycles. The van der Waals surface area contributed by atoms with Crippen molar-refractivity contribution in [1.29, 1.82) is 0 Å². The van der Waals surface area contributed by atoms with Crippen LogP contribution in [-0.4, -0.2) is 37.0 Å². The van der Waals surface area contributed by atoms with Crippen LogP contribution in [0.25, 0.3) is 0 Å². The number of nitrogens with one attached hydrogen (secondary N) is 1. The lowest BCUT2D eigenvalue weighted by Crippen LogP contribution is -2.50. The number of likely N-dealkylation sites (tertiary alicyclic amines) is 1. The first-order valence-corrected chi connectivity index (χ1v) is 6.82. The van der Waals surface area contributed by atoms with Crippen molar-refractivity contribution in [3.8, 4) is 0 Å². The number of nitrogens with zero attached hydrogens (tertiary/aromatic N) is 1. The summed E-state index contributed by atoms with van der Waals surface area (Å²) in [6.45, 7) is 10.4. The average molecular weight is 240 g/mol. The first kappa shape index (κ1) is 14.5. The molecule has 0 aromatic heterocycles. The van der Waals surface area contributed by atoms with Crippen LogP contribution in [0.15, 0.2) is 0 Å². The number of hydrogen-bond donors (Lipinski definition) is 1. The van der Waals surface area contributed by atoms with E-state index in [-0.39, 0.29) is 5.41 Å². The monoisotopic (exact) mass is 240 g/mol. The quantitative estimate of drug-likeness (QED) is 0.821. The van der Waals surface area contributed by atoms with Crippen LogP contribution in [0.2, 0.25) is 0 Å². The number of piperidine rings is 1. The van der Waals surface area contributed by atoms with E-state index in [4.69, 9.17) is 0 Å². The highest BCUT2D eigenvalue weighted by Crippen LogP contribution is 2.24. The van der Waals surface area contributed by atoms with Crippen LogP contribution in [0.3, 0.4) is 0 Å². The summed E-state index contributed by atoms with van der Waals surface area (Å²) in [7, 11) is 2.03. The predicted molar refractivity (Wildman–Crippen MR) is 71.9 cm³/mol. The summed E-state index contributed by atoms with van der Waals surface area (Å²) in [5.74, 6) is 0.933. The maximum Gasteiger partial charge on any atom is 0.223 e. The molecule has 1 heterocycles. The molecule has 1 fully saturated rings. The normalized spacial score (nSPS) is 26.1. The standard InChI is InChI=1S/C14H28N2O/c1-6-11-10-16(8-7-12(11)15-5)13(17)9-14(2,3)4/h11-12,15H,6-10H2,1-5H3. The minimum absolute atomic E-state index is 0.0959. The Bertz CT molecular complexity index is 257. The van der Waals surface area contributed by atoms with Gasteiger partial charge in [0.2, 0.25) is 5.91 Å². The highest BCUT2D eigenvalue weighted by molar-refractivity contribution is 5.76. The van der Waals surface area contributed by atoms with Gasteiger partial charge in [-0.25, -0.2) is 0 Å². The Morgan fingerprint density at radius 3 is 2.53 bits per heavy atom. The molecule has 2 atom stereocenters. The Labute approximate surface area is 106 Å². The van der Waals surface area contributed by atoms with Gasteiger partial charge in [0.1, 0.15) is 0 Å². The summed E-state index contributed by atoms with van der Waals surface area (Å²) in [5, 5.41) is 3.37. The molecule has 0 radical (unpaired) electrons. The minimum Gasteiger partial charge on any atom is -0.342 e. The van der Waals surface area contributed by atoms with E-state index in [0.717, 1.165) is 25.9 Å². The Hall–Kier alpha value is -0.570. The molecule has 0 bridgehead atoms. The first-order valence-electron chi connectivity index (χ1n) is 6.82. The van der Waals surface area contributed by atoms with Crippen LogP contribution in [0, 0.1) is 11.3 Å². The van der Waals surface area contributed by atoms with E-state index in [9.17, 15) is 4.79 Å². The minimum atomic E-state index is 0.0959. The van der Waals surface area contributed by atoms with Gasteiger partial charge in [-0.1, -0.05) is 34.1 Å². The molecule has 100 valence electrons. The molecule has 0 saturated carbocycles. The fourth-order valence-electron chi connectivity index (χ4n) is 2.62. The van der Waals surface area contributed by atoms with Crippen molar-refractivity contribution in [2.45, 2.75) is 53.0 Å². The number of hydrogen-bond acceptors (Lipinski definition) is 2. The largest absolute Gasteiger partial charge is 0.342 e. The van der Waals surface area contributed by atoms with Crippen LogP contribution in [0.1, 0.15) is 47.0 Å². The van der Waals surface area contributed by atoms with E-state index in [1.54, 1.807) is 0 Å². The molecule has 2 unspecified atom stereocenters. The molecule has 3 nitrogen and oxygen atoms in total. The number of carbonyl (C=O) groups excluding carboxylic acids is 1. The molecule has 0 spiro atoms. The Kier molecular flexibility index (Phi) is 4.99. The van der Waals surface area contributed by atoms with Crippen LogP contribution in [0.5, 0.6) is 0 Å². The van der Waals surface area contributed by atoms with Crippen molar-refractivity contribution >= 4 is 5.91 Å². The van der Waals surface area contributed by atoms with Crippen molar-refractivity contribution in [3.05, 3.63) is 0 Å². The zero-order chi connectivity index (χ0) is 13.1. The van der Waals surface area contributed by atoms with Gasteiger partial charge >= 0.3 is 0 Å². The van der Waals surface area contributed by atoms with Crippen LogP contribution in [0.4, 0.5) is 0 Å². The number of rotatable bonds is 3. The highest BCUT2D eigenvalue weighted by atomic mass is 16.2. The van der Waals surface area contributed by atoms with Crippen molar-refractivity contribution in [2.24, 2.45) is 11.3 Å². The number of carbonyl (C=O) groups is 1. The fourth-order valence-corrected chi connectivity index (χ4v) is 2.62. The molecule has 0 aromatic rings. The topological polar surface area (TPSA) is 32.3 Å². The Morgan fingerprint density at radius 1 is 1.41 bits per heavy atom. The molecule has 1 rings (SSSR count). The molecule has 1 N–H and O–H groups in total. The van der Waals surface area contributed by atoms with E-state index in [1.165, 1.54) is 0 Å². The van der Waals surface area contributed by atoms with Gasteiger partial charge in [0.05, 0.1) is 0 Å². The van der Waals surface area contributed by atoms with Crippen molar-refractivity contribution in [2.75, 3.05) is 20.1 Å². The molecule has 3 heteroatoms. The molecular weight excluding hydrogens is 212 g/mol. The van der Waals surface area contributed by atoms with Crippen LogP contribution < -0.4 is 5.32 Å². The maximum atomic E-state index is 12.2. The van der Waals surface area contributed by atoms with Gasteiger partial charge in [-0.3, -0.25) is 4.79 Å². The first-order chi connectivity index (χ1) is 7.87. The second kappa shape index (κ2) is 5.85. The lowest BCUT2D eigenvalue weighted by molar-refractivity contribution is -0.135. The van der Waals surface area contributed by atoms with Gasteiger partial charge < -0.3 is 10.2 Å². The zero-order valence-electron chi connectivity index (χ0n) is 12.0. The van der Waals surface area contributed by atoms with E-state index in [2.05, 4.69) is 37.9 Å². The lowest BCUT2D eigenvalue weighted by atomic mass is 9.87. The predicted octanol–water partition coefficient (Wildman–Crippen LogP) is 2.27. The van der Waals surface area contributed by atoms with Crippen molar-refractivity contribution in [1.82, 2.24) is 10.2 Å².